The number of anilines is 1. The van der Waals surface area contributed by atoms with Crippen LogP contribution in [0.4, 0.5) is 5.69 Å². The van der Waals surface area contributed by atoms with Crippen LogP contribution in [0.25, 0.3) is 11.0 Å². The first-order chi connectivity index (χ1) is 13.4. The minimum absolute atomic E-state index is 0.148. The van der Waals surface area contributed by atoms with Crippen molar-refractivity contribution in [3.05, 3.63) is 51.3 Å². The zero-order valence-electron chi connectivity index (χ0n) is 15.3. The van der Waals surface area contributed by atoms with Crippen molar-refractivity contribution in [2.24, 2.45) is 0 Å². The van der Waals surface area contributed by atoms with E-state index in [9.17, 15) is 14.4 Å². The van der Waals surface area contributed by atoms with Crippen LogP contribution in [-0.4, -0.2) is 23.5 Å². The fourth-order valence-corrected chi connectivity index (χ4v) is 4.40. The summed E-state index contributed by atoms with van der Waals surface area (Å²) in [5.74, 6) is 0.0234. The van der Waals surface area contributed by atoms with Crippen molar-refractivity contribution in [3.8, 4) is 0 Å². The van der Waals surface area contributed by atoms with Crippen LogP contribution in [0.3, 0.4) is 0 Å². The third-order valence-corrected chi connectivity index (χ3v) is 5.78. The number of amides is 1. The second kappa shape index (κ2) is 9.03. The Morgan fingerprint density at radius 2 is 2.14 bits per heavy atom. The van der Waals surface area contributed by atoms with Crippen molar-refractivity contribution in [2.75, 3.05) is 11.9 Å². The van der Waals surface area contributed by atoms with Gasteiger partial charge in [-0.25, -0.2) is 9.78 Å². The maximum atomic E-state index is 11.9. The third-order valence-electron chi connectivity index (χ3n) is 3.66. The van der Waals surface area contributed by atoms with Gasteiger partial charge in [0.1, 0.15) is 9.92 Å². The molecule has 0 fully saturated rings. The Bertz CT molecular complexity index is 1070. The highest BCUT2D eigenvalue weighted by Crippen LogP contribution is 2.30. The fourth-order valence-electron chi connectivity index (χ4n) is 2.57. The summed E-state index contributed by atoms with van der Waals surface area (Å²) < 4.78 is 11.0. The molecule has 0 atom stereocenters. The highest BCUT2D eigenvalue weighted by atomic mass is 32.2. The van der Waals surface area contributed by atoms with E-state index in [2.05, 4.69) is 10.3 Å². The van der Waals surface area contributed by atoms with Gasteiger partial charge in [0.25, 0.3) is 0 Å². The Hall–Kier alpha value is -2.65. The Morgan fingerprint density at radius 3 is 2.89 bits per heavy atom. The molecule has 0 spiro atoms. The van der Waals surface area contributed by atoms with Crippen molar-refractivity contribution in [3.63, 3.8) is 0 Å². The van der Waals surface area contributed by atoms with E-state index in [-0.39, 0.29) is 18.3 Å². The average molecular weight is 418 g/mol. The number of carbonyl (C=O) groups excluding carboxylic acids is 2. The largest absolute Gasteiger partial charge is 0.466 e. The van der Waals surface area contributed by atoms with Crippen LogP contribution in [0, 0.1) is 0 Å². The average Bonchev–Trinajstić information content (AvgIpc) is 3.06. The molecule has 1 amide bonds. The second-order valence-electron chi connectivity index (χ2n) is 5.86. The van der Waals surface area contributed by atoms with E-state index >= 15 is 0 Å². The molecule has 0 aliphatic heterocycles. The summed E-state index contributed by atoms with van der Waals surface area (Å²) in [5.41, 5.74) is 2.01. The number of nitrogens with one attached hydrogen (secondary N) is 1. The number of benzene rings is 1. The van der Waals surface area contributed by atoms with E-state index < -0.39 is 5.63 Å². The smallest absolute Gasteiger partial charge is 0.336 e. The van der Waals surface area contributed by atoms with Crippen LogP contribution in [0.5, 0.6) is 0 Å². The first-order valence-electron chi connectivity index (χ1n) is 8.52. The number of thiazole rings is 1. The van der Waals surface area contributed by atoms with Crippen molar-refractivity contribution >= 4 is 51.6 Å². The molecular weight excluding hydrogens is 400 g/mol. The molecule has 146 valence electrons. The van der Waals surface area contributed by atoms with E-state index in [4.69, 9.17) is 9.15 Å². The van der Waals surface area contributed by atoms with Gasteiger partial charge < -0.3 is 14.5 Å². The van der Waals surface area contributed by atoms with Crippen LogP contribution in [-0.2, 0) is 26.5 Å². The minimum atomic E-state index is -0.454. The topological polar surface area (TPSA) is 98.5 Å². The number of hydrogen-bond donors (Lipinski definition) is 1. The van der Waals surface area contributed by atoms with E-state index in [1.807, 2.05) is 11.4 Å². The Kier molecular flexibility index (Phi) is 6.48. The van der Waals surface area contributed by atoms with E-state index in [1.54, 1.807) is 19.1 Å². The molecule has 2 aromatic heterocycles. The summed E-state index contributed by atoms with van der Waals surface area (Å²) in [7, 11) is 0. The maximum absolute atomic E-state index is 11.9. The molecule has 0 radical (unpaired) electrons. The number of rotatable bonds is 7. The van der Waals surface area contributed by atoms with Crippen molar-refractivity contribution in [1.82, 2.24) is 4.98 Å². The van der Waals surface area contributed by atoms with Gasteiger partial charge in [0.2, 0.25) is 5.91 Å². The normalized spacial score (nSPS) is 10.8. The number of hydrogen-bond acceptors (Lipinski definition) is 8. The Morgan fingerprint density at radius 1 is 1.32 bits per heavy atom. The molecule has 2 heterocycles. The molecule has 0 aliphatic carbocycles. The lowest BCUT2D eigenvalue weighted by Gasteiger charge is -2.07. The van der Waals surface area contributed by atoms with Crippen LogP contribution in [0.2, 0.25) is 0 Å². The molecule has 0 bridgehead atoms. The van der Waals surface area contributed by atoms with E-state index in [0.717, 1.165) is 15.3 Å². The second-order valence-corrected chi connectivity index (χ2v) is 7.94. The van der Waals surface area contributed by atoms with Crippen molar-refractivity contribution in [2.45, 2.75) is 30.4 Å². The summed E-state index contributed by atoms with van der Waals surface area (Å²) >= 11 is 2.92. The Labute approximate surface area is 169 Å². The molecule has 9 heteroatoms. The summed E-state index contributed by atoms with van der Waals surface area (Å²) in [6.07, 6.45) is 0.148. The van der Waals surface area contributed by atoms with Gasteiger partial charge in [-0.2, -0.15) is 0 Å². The van der Waals surface area contributed by atoms with Crippen LogP contribution in [0.15, 0.2) is 43.2 Å². The predicted octanol–water partition coefficient (Wildman–Crippen LogP) is 3.61. The SMILES string of the molecule is CCOC(=O)Cc1csc(SCc2cc(=O)oc3cc(NC(C)=O)ccc23)n1. The Balaban J connectivity index is 1.75. The van der Waals surface area contributed by atoms with Gasteiger partial charge in [-0.05, 0) is 24.6 Å². The molecule has 7 nitrogen and oxygen atoms in total. The molecule has 0 saturated carbocycles. The number of fused-ring (bicyclic) bond motifs is 1. The molecule has 0 unspecified atom stereocenters. The lowest BCUT2D eigenvalue weighted by atomic mass is 10.1. The molecule has 3 aromatic rings. The number of aromatic nitrogens is 1. The third kappa shape index (κ3) is 5.20. The molecule has 0 aliphatic rings. The number of ether oxygens (including phenoxy) is 1. The summed E-state index contributed by atoms with van der Waals surface area (Å²) in [6.45, 7) is 3.52. The zero-order valence-corrected chi connectivity index (χ0v) is 16.9. The molecule has 3 rings (SSSR count). The van der Waals surface area contributed by atoms with Gasteiger partial charge in [0.15, 0.2) is 0 Å². The highest BCUT2D eigenvalue weighted by molar-refractivity contribution is 8.00. The summed E-state index contributed by atoms with van der Waals surface area (Å²) in [4.78, 5) is 39.1. The fraction of sp³-hybridized carbons (Fsp3) is 0.263. The first-order valence-corrected chi connectivity index (χ1v) is 10.4. The lowest BCUT2D eigenvalue weighted by molar-refractivity contribution is -0.142. The van der Waals surface area contributed by atoms with Crippen molar-refractivity contribution in [1.29, 1.82) is 0 Å². The van der Waals surface area contributed by atoms with Gasteiger partial charge in [-0.3, -0.25) is 9.59 Å². The van der Waals surface area contributed by atoms with Gasteiger partial charge in [0.05, 0.1) is 18.7 Å². The number of carbonyl (C=O) groups is 2. The predicted molar refractivity (Wildman–Crippen MR) is 109 cm³/mol. The van der Waals surface area contributed by atoms with Gasteiger partial charge in [-0.1, -0.05) is 11.8 Å². The molecule has 28 heavy (non-hydrogen) atoms. The lowest BCUT2D eigenvalue weighted by Crippen LogP contribution is -2.07. The first kappa shape index (κ1) is 20.1. The molecule has 1 aromatic carbocycles. The molecule has 1 N–H and O–H groups in total. The quantitative estimate of drug-likeness (QED) is 0.355. The summed E-state index contributed by atoms with van der Waals surface area (Å²) in [6, 6.07) is 6.67. The van der Waals surface area contributed by atoms with Crippen LogP contribution in [0.1, 0.15) is 25.1 Å². The van der Waals surface area contributed by atoms with Crippen LogP contribution >= 0.6 is 23.1 Å². The standard InChI is InChI=1S/C19H18N2O5S2/c1-3-25-17(23)8-14-10-28-19(21-14)27-9-12-6-18(24)26-16-7-13(20-11(2)22)4-5-15(12)16/h4-7,10H,3,8-9H2,1-2H3,(H,20,22). The number of thioether (sulfide) groups is 1. The number of nitrogens with zero attached hydrogens (tertiary/aromatic N) is 1. The zero-order chi connectivity index (χ0) is 20.1. The molecule has 0 saturated heterocycles. The van der Waals surface area contributed by atoms with Crippen molar-refractivity contribution < 1.29 is 18.7 Å². The van der Waals surface area contributed by atoms with Gasteiger partial charge >= 0.3 is 11.6 Å². The van der Waals surface area contributed by atoms with Gasteiger partial charge in [-0.15, -0.1) is 11.3 Å². The number of esters is 1. The molecular formula is C19H18N2O5S2. The highest BCUT2D eigenvalue weighted by Gasteiger charge is 2.11. The van der Waals surface area contributed by atoms with E-state index in [1.165, 1.54) is 36.1 Å². The summed E-state index contributed by atoms with van der Waals surface area (Å²) in [5, 5.41) is 5.29. The maximum Gasteiger partial charge on any atom is 0.336 e. The van der Waals surface area contributed by atoms with E-state index in [0.29, 0.717) is 29.3 Å². The monoisotopic (exact) mass is 418 g/mol. The van der Waals surface area contributed by atoms with Crippen LogP contribution < -0.4 is 10.9 Å². The van der Waals surface area contributed by atoms with Gasteiger partial charge in [0, 0.05) is 41.3 Å². The minimum Gasteiger partial charge on any atom is -0.466 e.